The first-order chi connectivity index (χ1) is 10.9. The third-order valence-electron chi connectivity index (χ3n) is 4.23. The molecule has 0 aliphatic carbocycles. The van der Waals surface area contributed by atoms with Crippen LogP contribution in [-0.4, -0.2) is 23.1 Å². The van der Waals surface area contributed by atoms with Crippen molar-refractivity contribution in [3.05, 3.63) is 41.8 Å². The summed E-state index contributed by atoms with van der Waals surface area (Å²) in [5.74, 6) is 1.96. The van der Waals surface area contributed by atoms with Crippen LogP contribution in [0.2, 0.25) is 0 Å². The standard InChI is InChI=1S/C18H19N3S/c1-2-6-12-21(11-5-1)18-14-8-3-4-9-15(14)19-17(20-18)16-10-7-13-22-16/h3-4,7-10,13H,1-2,5-6,11-12H2. The van der Waals surface area contributed by atoms with Gasteiger partial charge in [0.2, 0.25) is 0 Å². The zero-order valence-corrected chi connectivity index (χ0v) is 13.4. The topological polar surface area (TPSA) is 29.0 Å². The van der Waals surface area contributed by atoms with Crippen molar-refractivity contribution in [3.8, 4) is 10.7 Å². The Hall–Kier alpha value is -1.94. The van der Waals surface area contributed by atoms with Gasteiger partial charge in [0.1, 0.15) is 5.82 Å². The van der Waals surface area contributed by atoms with Gasteiger partial charge in [-0.15, -0.1) is 11.3 Å². The summed E-state index contributed by atoms with van der Waals surface area (Å²) >= 11 is 1.70. The van der Waals surface area contributed by atoms with E-state index in [1.165, 1.54) is 31.1 Å². The van der Waals surface area contributed by atoms with Crippen molar-refractivity contribution in [1.29, 1.82) is 0 Å². The minimum Gasteiger partial charge on any atom is -0.356 e. The molecule has 0 atom stereocenters. The zero-order chi connectivity index (χ0) is 14.8. The summed E-state index contributed by atoms with van der Waals surface area (Å²) in [4.78, 5) is 13.3. The van der Waals surface area contributed by atoms with Crippen LogP contribution in [0.5, 0.6) is 0 Å². The Kier molecular flexibility index (Phi) is 3.77. The van der Waals surface area contributed by atoms with Gasteiger partial charge in [0.05, 0.1) is 10.4 Å². The number of rotatable bonds is 2. The molecule has 1 aromatic carbocycles. The summed E-state index contributed by atoms with van der Waals surface area (Å²) in [5, 5.41) is 3.25. The Bertz CT molecular complexity index is 759. The predicted molar refractivity (Wildman–Crippen MR) is 93.5 cm³/mol. The highest BCUT2D eigenvalue weighted by Gasteiger charge is 2.17. The Morgan fingerprint density at radius 3 is 2.45 bits per heavy atom. The molecule has 1 fully saturated rings. The second kappa shape index (κ2) is 6.05. The Labute approximate surface area is 134 Å². The van der Waals surface area contributed by atoms with Crippen LogP contribution in [0, 0.1) is 0 Å². The number of anilines is 1. The quantitative estimate of drug-likeness (QED) is 0.684. The van der Waals surface area contributed by atoms with Gasteiger partial charge in [-0.25, -0.2) is 9.97 Å². The lowest BCUT2D eigenvalue weighted by atomic mass is 10.2. The highest BCUT2D eigenvalue weighted by molar-refractivity contribution is 7.13. The van der Waals surface area contributed by atoms with Crippen LogP contribution in [0.1, 0.15) is 25.7 Å². The lowest BCUT2D eigenvalue weighted by Crippen LogP contribution is -2.25. The molecule has 0 spiro atoms. The normalized spacial score (nSPS) is 15.9. The second-order valence-corrected chi connectivity index (χ2v) is 6.71. The minimum atomic E-state index is 0.855. The predicted octanol–water partition coefficient (Wildman–Crippen LogP) is 4.74. The van der Waals surface area contributed by atoms with Gasteiger partial charge in [-0.2, -0.15) is 0 Å². The van der Waals surface area contributed by atoms with E-state index in [4.69, 9.17) is 9.97 Å². The van der Waals surface area contributed by atoms with Gasteiger partial charge in [-0.05, 0) is 36.4 Å². The van der Waals surface area contributed by atoms with E-state index in [1.807, 2.05) is 0 Å². The molecule has 112 valence electrons. The van der Waals surface area contributed by atoms with Gasteiger partial charge < -0.3 is 4.90 Å². The van der Waals surface area contributed by atoms with Crippen molar-refractivity contribution >= 4 is 28.1 Å². The molecule has 2 aromatic heterocycles. The first kappa shape index (κ1) is 13.7. The monoisotopic (exact) mass is 309 g/mol. The molecule has 1 aliphatic rings. The van der Waals surface area contributed by atoms with Crippen LogP contribution in [-0.2, 0) is 0 Å². The average Bonchev–Trinajstić information content (AvgIpc) is 2.97. The highest BCUT2D eigenvalue weighted by atomic mass is 32.1. The fourth-order valence-corrected chi connectivity index (χ4v) is 3.76. The molecular formula is C18H19N3S. The molecule has 4 heteroatoms. The number of hydrogen-bond acceptors (Lipinski definition) is 4. The molecule has 4 rings (SSSR count). The van der Waals surface area contributed by atoms with Crippen molar-refractivity contribution in [3.63, 3.8) is 0 Å². The summed E-state index contributed by atoms with van der Waals surface area (Å²) in [6, 6.07) is 12.5. The van der Waals surface area contributed by atoms with E-state index in [0.29, 0.717) is 0 Å². The van der Waals surface area contributed by atoms with E-state index in [9.17, 15) is 0 Å². The molecule has 0 radical (unpaired) electrons. The van der Waals surface area contributed by atoms with E-state index in [0.717, 1.165) is 35.1 Å². The molecule has 0 N–H and O–H groups in total. The number of benzene rings is 1. The van der Waals surface area contributed by atoms with Crippen molar-refractivity contribution in [1.82, 2.24) is 9.97 Å². The van der Waals surface area contributed by atoms with Crippen LogP contribution in [0.3, 0.4) is 0 Å². The fraction of sp³-hybridized carbons (Fsp3) is 0.333. The number of fused-ring (bicyclic) bond motifs is 1. The number of nitrogens with zero attached hydrogens (tertiary/aromatic N) is 3. The lowest BCUT2D eigenvalue weighted by molar-refractivity contribution is 0.726. The molecule has 22 heavy (non-hydrogen) atoms. The Morgan fingerprint density at radius 1 is 0.864 bits per heavy atom. The first-order valence-corrected chi connectivity index (χ1v) is 8.85. The van der Waals surface area contributed by atoms with Crippen molar-refractivity contribution in [2.75, 3.05) is 18.0 Å². The maximum absolute atomic E-state index is 4.93. The molecule has 1 aliphatic heterocycles. The number of aromatic nitrogens is 2. The SMILES string of the molecule is c1csc(-c2nc(N3CCCCCC3)c3ccccc3n2)c1. The van der Waals surface area contributed by atoms with Crippen LogP contribution >= 0.6 is 11.3 Å². The van der Waals surface area contributed by atoms with Crippen LogP contribution in [0.25, 0.3) is 21.6 Å². The fourth-order valence-electron chi connectivity index (χ4n) is 3.10. The lowest BCUT2D eigenvalue weighted by Gasteiger charge is -2.23. The van der Waals surface area contributed by atoms with Gasteiger partial charge >= 0.3 is 0 Å². The Balaban J connectivity index is 1.87. The van der Waals surface area contributed by atoms with E-state index >= 15 is 0 Å². The molecule has 0 amide bonds. The van der Waals surface area contributed by atoms with E-state index in [1.54, 1.807) is 11.3 Å². The maximum atomic E-state index is 4.93. The minimum absolute atomic E-state index is 0.855. The molecule has 3 heterocycles. The Morgan fingerprint density at radius 2 is 1.68 bits per heavy atom. The molecule has 0 saturated carbocycles. The van der Waals surface area contributed by atoms with Crippen molar-refractivity contribution in [2.45, 2.75) is 25.7 Å². The second-order valence-electron chi connectivity index (χ2n) is 5.77. The van der Waals surface area contributed by atoms with E-state index in [-0.39, 0.29) is 0 Å². The average molecular weight is 309 g/mol. The molecule has 0 bridgehead atoms. The third-order valence-corrected chi connectivity index (χ3v) is 5.10. The largest absolute Gasteiger partial charge is 0.356 e. The van der Waals surface area contributed by atoms with Crippen LogP contribution in [0.4, 0.5) is 5.82 Å². The molecule has 3 aromatic rings. The molecular weight excluding hydrogens is 290 g/mol. The van der Waals surface area contributed by atoms with Gasteiger partial charge in [0.25, 0.3) is 0 Å². The molecule has 3 nitrogen and oxygen atoms in total. The van der Waals surface area contributed by atoms with E-state index < -0.39 is 0 Å². The van der Waals surface area contributed by atoms with Gasteiger partial charge in [0, 0.05) is 18.5 Å². The summed E-state index contributed by atoms with van der Waals surface area (Å²) in [6.07, 6.45) is 5.17. The van der Waals surface area contributed by atoms with Crippen molar-refractivity contribution in [2.24, 2.45) is 0 Å². The number of hydrogen-bond donors (Lipinski definition) is 0. The van der Waals surface area contributed by atoms with E-state index in [2.05, 4.69) is 46.7 Å². The molecule has 1 saturated heterocycles. The smallest absolute Gasteiger partial charge is 0.172 e. The number of thiophene rings is 1. The summed E-state index contributed by atoms with van der Waals surface area (Å²) < 4.78 is 0. The summed E-state index contributed by atoms with van der Waals surface area (Å²) in [6.45, 7) is 2.20. The first-order valence-electron chi connectivity index (χ1n) is 7.97. The van der Waals surface area contributed by atoms with Gasteiger partial charge in [-0.1, -0.05) is 31.0 Å². The van der Waals surface area contributed by atoms with Crippen LogP contribution < -0.4 is 4.90 Å². The van der Waals surface area contributed by atoms with Gasteiger partial charge in [-0.3, -0.25) is 0 Å². The van der Waals surface area contributed by atoms with Crippen molar-refractivity contribution < 1.29 is 0 Å². The number of para-hydroxylation sites is 1. The molecule has 0 unspecified atom stereocenters. The zero-order valence-electron chi connectivity index (χ0n) is 12.5. The maximum Gasteiger partial charge on any atom is 0.172 e. The summed E-state index contributed by atoms with van der Waals surface area (Å²) in [5.41, 5.74) is 1.04. The summed E-state index contributed by atoms with van der Waals surface area (Å²) in [7, 11) is 0. The highest BCUT2D eigenvalue weighted by Crippen LogP contribution is 2.30. The van der Waals surface area contributed by atoms with Gasteiger partial charge in [0.15, 0.2) is 5.82 Å². The van der Waals surface area contributed by atoms with Crippen LogP contribution in [0.15, 0.2) is 41.8 Å². The third kappa shape index (κ3) is 2.59.